The summed E-state index contributed by atoms with van der Waals surface area (Å²) < 4.78 is 19.1. The maximum Gasteiger partial charge on any atom is 0.410 e. The van der Waals surface area contributed by atoms with Crippen molar-refractivity contribution in [2.45, 2.75) is 45.4 Å². The molecule has 1 aliphatic heterocycles. The van der Waals surface area contributed by atoms with Crippen LogP contribution in [0.3, 0.4) is 0 Å². The number of carbonyl (C=O) groups is 1. The normalized spacial score (nSPS) is 15.9. The standard InChI is InChI=1S/C19H29FN4O3.HI/c1-5-21-17(22-10-16(25)14-8-6-7-9-15(14)20)23-13-11-24(12-13)18(26)27-19(2,3)4;/h6-9,13,16,25H,5,10-12H2,1-4H3,(H2,21,22,23);1H. The molecule has 1 amide bonds. The second-order valence-electron chi connectivity index (χ2n) is 7.48. The van der Waals surface area contributed by atoms with Crippen LogP contribution in [0.2, 0.25) is 0 Å². The van der Waals surface area contributed by atoms with Crippen molar-refractivity contribution < 1.29 is 19.0 Å². The number of hydrogen-bond acceptors (Lipinski definition) is 4. The summed E-state index contributed by atoms with van der Waals surface area (Å²) in [7, 11) is 0. The number of hydrogen-bond donors (Lipinski definition) is 3. The zero-order valence-corrected chi connectivity index (χ0v) is 19.1. The predicted octanol–water partition coefficient (Wildman–Crippen LogP) is 2.65. The molecular formula is C19H30FIN4O3. The second-order valence-corrected chi connectivity index (χ2v) is 7.48. The highest BCUT2D eigenvalue weighted by Crippen LogP contribution is 2.17. The van der Waals surface area contributed by atoms with Crippen LogP contribution >= 0.6 is 24.0 Å². The van der Waals surface area contributed by atoms with E-state index in [9.17, 15) is 14.3 Å². The highest BCUT2D eigenvalue weighted by molar-refractivity contribution is 14.0. The molecule has 28 heavy (non-hydrogen) atoms. The van der Waals surface area contributed by atoms with E-state index in [1.54, 1.807) is 23.1 Å². The van der Waals surface area contributed by atoms with Crippen LogP contribution in [0.4, 0.5) is 9.18 Å². The maximum atomic E-state index is 13.7. The summed E-state index contributed by atoms with van der Waals surface area (Å²) in [6.07, 6.45) is -1.36. The molecule has 0 saturated carbocycles. The molecule has 1 aromatic rings. The van der Waals surface area contributed by atoms with Crippen LogP contribution in [0.1, 0.15) is 39.4 Å². The number of ether oxygens (including phenoxy) is 1. The smallest absolute Gasteiger partial charge is 0.410 e. The van der Waals surface area contributed by atoms with E-state index < -0.39 is 17.5 Å². The van der Waals surface area contributed by atoms with Gasteiger partial charge in [0.25, 0.3) is 0 Å². The van der Waals surface area contributed by atoms with Crippen molar-refractivity contribution in [1.29, 1.82) is 0 Å². The Bertz CT molecular complexity index is 675. The fourth-order valence-corrected chi connectivity index (χ4v) is 2.58. The Hall–Kier alpha value is -1.62. The van der Waals surface area contributed by atoms with Gasteiger partial charge in [0, 0.05) is 25.2 Å². The second kappa shape index (κ2) is 10.8. The van der Waals surface area contributed by atoms with Gasteiger partial charge in [-0.15, -0.1) is 24.0 Å². The van der Waals surface area contributed by atoms with E-state index in [0.29, 0.717) is 25.6 Å². The number of guanidine groups is 1. The summed E-state index contributed by atoms with van der Waals surface area (Å²) in [5.74, 6) is 0.0619. The van der Waals surface area contributed by atoms with E-state index in [-0.39, 0.29) is 48.2 Å². The zero-order valence-electron chi connectivity index (χ0n) is 16.7. The summed E-state index contributed by atoms with van der Waals surface area (Å²) in [5, 5.41) is 16.5. The van der Waals surface area contributed by atoms with E-state index in [4.69, 9.17) is 4.74 Å². The fourth-order valence-electron chi connectivity index (χ4n) is 2.58. The van der Waals surface area contributed by atoms with Gasteiger partial charge in [-0.3, -0.25) is 4.99 Å². The van der Waals surface area contributed by atoms with E-state index in [1.165, 1.54) is 6.07 Å². The third-order valence-electron chi connectivity index (χ3n) is 3.90. The number of benzene rings is 1. The molecule has 2 rings (SSSR count). The van der Waals surface area contributed by atoms with Gasteiger partial charge in [0.05, 0.1) is 12.6 Å². The van der Waals surface area contributed by atoms with Gasteiger partial charge in [0.2, 0.25) is 0 Å². The van der Waals surface area contributed by atoms with E-state index in [0.717, 1.165) is 0 Å². The van der Waals surface area contributed by atoms with Gasteiger partial charge in [-0.2, -0.15) is 0 Å². The Morgan fingerprint density at radius 2 is 2.04 bits per heavy atom. The van der Waals surface area contributed by atoms with Crippen LogP contribution in [-0.2, 0) is 4.74 Å². The molecule has 1 heterocycles. The predicted molar refractivity (Wildman–Crippen MR) is 117 cm³/mol. The maximum absolute atomic E-state index is 13.7. The summed E-state index contributed by atoms with van der Waals surface area (Å²) in [4.78, 5) is 17.9. The van der Waals surface area contributed by atoms with Gasteiger partial charge in [0.1, 0.15) is 17.5 Å². The van der Waals surface area contributed by atoms with Gasteiger partial charge in [-0.1, -0.05) is 18.2 Å². The lowest BCUT2D eigenvalue weighted by Crippen LogP contribution is -2.63. The van der Waals surface area contributed by atoms with Crippen LogP contribution in [0.5, 0.6) is 0 Å². The van der Waals surface area contributed by atoms with Gasteiger partial charge in [-0.05, 0) is 33.8 Å². The Kier molecular flexibility index (Phi) is 9.42. The lowest BCUT2D eigenvalue weighted by Gasteiger charge is -2.40. The number of nitrogens with one attached hydrogen (secondary N) is 2. The van der Waals surface area contributed by atoms with Crippen molar-refractivity contribution in [3.8, 4) is 0 Å². The average molecular weight is 508 g/mol. The number of aliphatic hydroxyl groups is 1. The molecule has 3 N–H and O–H groups in total. The molecule has 0 aliphatic carbocycles. The van der Waals surface area contributed by atoms with Gasteiger partial charge < -0.3 is 25.4 Å². The molecule has 7 nitrogen and oxygen atoms in total. The molecule has 1 fully saturated rings. The number of nitrogens with zero attached hydrogens (tertiary/aromatic N) is 2. The van der Waals surface area contributed by atoms with E-state index in [2.05, 4.69) is 15.6 Å². The van der Waals surface area contributed by atoms with Crippen molar-refractivity contribution in [1.82, 2.24) is 15.5 Å². The molecule has 1 unspecified atom stereocenters. The number of rotatable bonds is 5. The Morgan fingerprint density at radius 3 is 2.61 bits per heavy atom. The molecule has 1 aliphatic rings. The van der Waals surface area contributed by atoms with Crippen molar-refractivity contribution in [3.63, 3.8) is 0 Å². The Morgan fingerprint density at radius 1 is 1.39 bits per heavy atom. The quantitative estimate of drug-likeness (QED) is 0.324. The third-order valence-corrected chi connectivity index (χ3v) is 3.90. The van der Waals surface area contributed by atoms with Crippen LogP contribution in [0.15, 0.2) is 29.3 Å². The molecular weight excluding hydrogens is 478 g/mol. The Balaban J connectivity index is 0.00000392. The zero-order chi connectivity index (χ0) is 20.0. The molecule has 158 valence electrons. The number of amides is 1. The van der Waals surface area contributed by atoms with Crippen LogP contribution in [0, 0.1) is 5.82 Å². The summed E-state index contributed by atoms with van der Waals surface area (Å²) in [5.41, 5.74) is -0.300. The number of aliphatic imine (C=N–C) groups is 1. The lowest BCUT2D eigenvalue weighted by molar-refractivity contribution is 0.00700. The van der Waals surface area contributed by atoms with Crippen molar-refractivity contribution in [3.05, 3.63) is 35.6 Å². The molecule has 1 atom stereocenters. The number of halogens is 2. The minimum atomic E-state index is -1.03. The van der Waals surface area contributed by atoms with Crippen LogP contribution in [0.25, 0.3) is 0 Å². The first kappa shape index (κ1) is 24.4. The van der Waals surface area contributed by atoms with Crippen molar-refractivity contribution in [2.24, 2.45) is 4.99 Å². The Labute approximate surface area is 182 Å². The molecule has 0 spiro atoms. The topological polar surface area (TPSA) is 86.2 Å². The highest BCUT2D eigenvalue weighted by atomic mass is 127. The number of aliphatic hydroxyl groups excluding tert-OH is 1. The largest absolute Gasteiger partial charge is 0.444 e. The first-order valence-corrected chi connectivity index (χ1v) is 9.15. The number of likely N-dealkylation sites (tertiary alicyclic amines) is 1. The van der Waals surface area contributed by atoms with E-state index >= 15 is 0 Å². The molecule has 9 heteroatoms. The third kappa shape index (κ3) is 7.42. The summed E-state index contributed by atoms with van der Waals surface area (Å²) in [6, 6.07) is 6.15. The minimum Gasteiger partial charge on any atom is -0.444 e. The van der Waals surface area contributed by atoms with Crippen molar-refractivity contribution in [2.75, 3.05) is 26.2 Å². The molecule has 0 radical (unpaired) electrons. The first-order valence-electron chi connectivity index (χ1n) is 9.15. The van der Waals surface area contributed by atoms with Gasteiger partial charge in [0.15, 0.2) is 5.96 Å². The number of carbonyl (C=O) groups excluding carboxylic acids is 1. The van der Waals surface area contributed by atoms with Crippen LogP contribution < -0.4 is 10.6 Å². The molecule has 1 saturated heterocycles. The lowest BCUT2D eigenvalue weighted by atomic mass is 10.1. The van der Waals surface area contributed by atoms with E-state index in [1.807, 2.05) is 27.7 Å². The molecule has 0 bridgehead atoms. The molecule has 0 aromatic heterocycles. The minimum absolute atomic E-state index is 0. The first-order chi connectivity index (χ1) is 12.7. The highest BCUT2D eigenvalue weighted by Gasteiger charge is 2.34. The fraction of sp³-hybridized carbons (Fsp3) is 0.579. The average Bonchev–Trinajstić information content (AvgIpc) is 2.53. The summed E-state index contributed by atoms with van der Waals surface area (Å²) >= 11 is 0. The molecule has 1 aromatic carbocycles. The van der Waals surface area contributed by atoms with Gasteiger partial charge >= 0.3 is 6.09 Å². The monoisotopic (exact) mass is 508 g/mol. The van der Waals surface area contributed by atoms with Crippen LogP contribution in [-0.4, -0.2) is 59.9 Å². The van der Waals surface area contributed by atoms with Crippen molar-refractivity contribution >= 4 is 36.0 Å². The SMILES string of the molecule is CCNC(=NCC(O)c1ccccc1F)NC1CN(C(=O)OC(C)(C)C)C1.I. The van der Waals surface area contributed by atoms with Gasteiger partial charge in [-0.25, -0.2) is 9.18 Å². The summed E-state index contributed by atoms with van der Waals surface area (Å²) in [6.45, 7) is 9.11.